The Morgan fingerprint density at radius 1 is 1.25 bits per heavy atom. The van der Waals surface area contributed by atoms with Crippen LogP contribution in [0.2, 0.25) is 0 Å². The number of benzene rings is 1. The van der Waals surface area contributed by atoms with Crippen LogP contribution in [0.4, 0.5) is 0 Å². The molecule has 0 spiro atoms. The van der Waals surface area contributed by atoms with Crippen LogP contribution < -0.4 is 10.1 Å². The molecule has 28 heavy (non-hydrogen) atoms. The van der Waals surface area contributed by atoms with Gasteiger partial charge in [-0.05, 0) is 68.3 Å². The average Bonchev–Trinajstić information content (AvgIpc) is 3.19. The van der Waals surface area contributed by atoms with E-state index < -0.39 is 0 Å². The van der Waals surface area contributed by atoms with Gasteiger partial charge in [0.05, 0.1) is 18.2 Å². The maximum Gasteiger partial charge on any atom is 0.271 e. The summed E-state index contributed by atoms with van der Waals surface area (Å²) in [6.45, 7) is 5.86. The fourth-order valence-electron chi connectivity index (χ4n) is 2.86. The molecule has 1 atom stereocenters. The van der Waals surface area contributed by atoms with E-state index in [2.05, 4.69) is 25.8 Å². The molecule has 0 bridgehead atoms. The molecule has 9 heteroatoms. The quantitative estimate of drug-likeness (QED) is 0.655. The number of rotatable bonds is 7. The zero-order valence-corrected chi connectivity index (χ0v) is 16.8. The van der Waals surface area contributed by atoms with E-state index in [4.69, 9.17) is 4.74 Å². The maximum absolute atomic E-state index is 12.6. The summed E-state index contributed by atoms with van der Waals surface area (Å²) in [6.07, 6.45) is 2.29. The lowest BCUT2D eigenvalue weighted by Crippen LogP contribution is -2.29. The van der Waals surface area contributed by atoms with Crippen LogP contribution >= 0.6 is 11.3 Å². The number of carbonyl (C=O) groups is 1. The largest absolute Gasteiger partial charge is 0.491 e. The minimum absolute atomic E-state index is 0.129. The summed E-state index contributed by atoms with van der Waals surface area (Å²) in [7, 11) is 0. The third-order valence-corrected chi connectivity index (χ3v) is 5.25. The van der Waals surface area contributed by atoms with Gasteiger partial charge < -0.3 is 10.1 Å². The van der Waals surface area contributed by atoms with Crippen molar-refractivity contribution >= 4 is 17.2 Å². The molecule has 1 aromatic carbocycles. The van der Waals surface area contributed by atoms with Gasteiger partial charge in [0.25, 0.3) is 5.91 Å². The molecule has 1 saturated carbocycles. The third kappa shape index (κ3) is 4.04. The first-order valence-electron chi connectivity index (χ1n) is 9.32. The van der Waals surface area contributed by atoms with Crippen molar-refractivity contribution in [3.05, 3.63) is 41.2 Å². The second-order valence-electron chi connectivity index (χ2n) is 7.14. The van der Waals surface area contributed by atoms with E-state index in [1.54, 1.807) is 10.1 Å². The fraction of sp³-hybridized carbons (Fsp3) is 0.421. The molecule has 1 fully saturated rings. The predicted octanol–water partition coefficient (Wildman–Crippen LogP) is 3.41. The van der Waals surface area contributed by atoms with Gasteiger partial charge in [0.1, 0.15) is 16.5 Å². The SMILES string of the molecule is CC(C)Oc1ccc(-c2nc(C(=O)NC(C)c3nnnn3C3CC3)cs2)cc1. The summed E-state index contributed by atoms with van der Waals surface area (Å²) < 4.78 is 7.46. The van der Waals surface area contributed by atoms with Gasteiger partial charge in [-0.25, -0.2) is 9.67 Å². The Labute approximate surface area is 166 Å². The first-order chi connectivity index (χ1) is 13.5. The van der Waals surface area contributed by atoms with E-state index in [0.717, 1.165) is 29.2 Å². The number of ether oxygens (including phenoxy) is 1. The second-order valence-corrected chi connectivity index (χ2v) is 7.99. The number of nitrogens with zero attached hydrogens (tertiary/aromatic N) is 5. The van der Waals surface area contributed by atoms with E-state index in [1.807, 2.05) is 45.0 Å². The number of thiazole rings is 1. The molecule has 1 unspecified atom stereocenters. The summed E-state index contributed by atoms with van der Waals surface area (Å²) in [5, 5.41) is 17.3. The number of tetrazole rings is 1. The van der Waals surface area contributed by atoms with E-state index in [-0.39, 0.29) is 18.1 Å². The van der Waals surface area contributed by atoms with Gasteiger partial charge in [0, 0.05) is 10.9 Å². The molecule has 0 saturated heterocycles. The lowest BCUT2D eigenvalue weighted by atomic mass is 10.2. The van der Waals surface area contributed by atoms with Crippen LogP contribution in [-0.4, -0.2) is 37.2 Å². The van der Waals surface area contributed by atoms with E-state index in [1.165, 1.54) is 11.3 Å². The molecule has 0 radical (unpaired) electrons. The number of hydrogen-bond donors (Lipinski definition) is 1. The lowest BCUT2D eigenvalue weighted by Gasteiger charge is -2.12. The van der Waals surface area contributed by atoms with Gasteiger partial charge in [-0.1, -0.05) is 0 Å². The summed E-state index contributed by atoms with van der Waals surface area (Å²) in [6, 6.07) is 7.79. The number of carbonyl (C=O) groups excluding carboxylic acids is 1. The number of nitrogens with one attached hydrogen (secondary N) is 1. The minimum Gasteiger partial charge on any atom is -0.491 e. The van der Waals surface area contributed by atoms with Crippen molar-refractivity contribution in [1.82, 2.24) is 30.5 Å². The number of amides is 1. The molecule has 4 rings (SSSR count). The van der Waals surface area contributed by atoms with Crippen LogP contribution in [0.25, 0.3) is 10.6 Å². The zero-order valence-electron chi connectivity index (χ0n) is 16.0. The van der Waals surface area contributed by atoms with E-state index in [0.29, 0.717) is 17.6 Å². The Morgan fingerprint density at radius 2 is 2.00 bits per heavy atom. The van der Waals surface area contributed by atoms with Crippen molar-refractivity contribution in [3.63, 3.8) is 0 Å². The Hall–Kier alpha value is -2.81. The van der Waals surface area contributed by atoms with Crippen LogP contribution in [0.1, 0.15) is 62.0 Å². The Balaban J connectivity index is 1.43. The number of hydrogen-bond acceptors (Lipinski definition) is 7. The van der Waals surface area contributed by atoms with E-state index >= 15 is 0 Å². The highest BCUT2D eigenvalue weighted by atomic mass is 32.1. The normalized spacial score (nSPS) is 14.9. The fourth-order valence-corrected chi connectivity index (χ4v) is 3.66. The molecule has 1 aliphatic rings. The first kappa shape index (κ1) is 18.5. The predicted molar refractivity (Wildman–Crippen MR) is 105 cm³/mol. The topological polar surface area (TPSA) is 94.8 Å². The Bertz CT molecular complexity index is 961. The van der Waals surface area contributed by atoms with Gasteiger partial charge in [0.15, 0.2) is 5.82 Å². The van der Waals surface area contributed by atoms with Crippen molar-refractivity contribution in [2.45, 2.75) is 51.8 Å². The highest BCUT2D eigenvalue weighted by molar-refractivity contribution is 7.13. The standard InChI is InChI=1S/C19H22N6O2S/c1-11(2)27-15-8-4-13(5-9-15)19-21-16(10-28-19)18(26)20-12(3)17-22-23-24-25(17)14-6-7-14/h4-5,8-12,14H,6-7H2,1-3H3,(H,20,26). The molecule has 0 aliphatic heterocycles. The minimum atomic E-state index is -0.291. The summed E-state index contributed by atoms with van der Waals surface area (Å²) in [4.78, 5) is 17.1. The van der Waals surface area contributed by atoms with Gasteiger partial charge in [0.2, 0.25) is 0 Å². The molecule has 1 aliphatic carbocycles. The molecule has 2 aromatic heterocycles. The Morgan fingerprint density at radius 3 is 2.68 bits per heavy atom. The van der Waals surface area contributed by atoms with Crippen LogP contribution in [0.15, 0.2) is 29.6 Å². The van der Waals surface area contributed by atoms with Crippen molar-refractivity contribution in [2.75, 3.05) is 0 Å². The highest BCUT2D eigenvalue weighted by Crippen LogP contribution is 2.35. The summed E-state index contributed by atoms with van der Waals surface area (Å²) in [5.41, 5.74) is 1.34. The molecule has 2 heterocycles. The molecule has 3 aromatic rings. The zero-order chi connectivity index (χ0) is 19.7. The van der Waals surface area contributed by atoms with Crippen LogP contribution in [0.5, 0.6) is 5.75 Å². The molecular formula is C19H22N6O2S. The Kier molecular flexibility index (Phi) is 5.08. The third-order valence-electron chi connectivity index (χ3n) is 4.36. The van der Waals surface area contributed by atoms with E-state index in [9.17, 15) is 4.79 Å². The van der Waals surface area contributed by atoms with Crippen LogP contribution in [0, 0.1) is 0 Å². The van der Waals surface area contributed by atoms with Crippen LogP contribution in [-0.2, 0) is 0 Å². The van der Waals surface area contributed by atoms with Crippen LogP contribution in [0.3, 0.4) is 0 Å². The summed E-state index contributed by atoms with van der Waals surface area (Å²) >= 11 is 1.44. The van der Waals surface area contributed by atoms with Crippen molar-refractivity contribution in [3.8, 4) is 16.3 Å². The van der Waals surface area contributed by atoms with Gasteiger partial charge in [-0.3, -0.25) is 4.79 Å². The highest BCUT2D eigenvalue weighted by Gasteiger charge is 2.30. The van der Waals surface area contributed by atoms with Gasteiger partial charge >= 0.3 is 0 Å². The lowest BCUT2D eigenvalue weighted by molar-refractivity contribution is 0.0933. The monoisotopic (exact) mass is 398 g/mol. The number of aromatic nitrogens is 5. The molecular weight excluding hydrogens is 376 g/mol. The van der Waals surface area contributed by atoms with Crippen molar-refractivity contribution < 1.29 is 9.53 Å². The molecule has 1 N–H and O–H groups in total. The molecule has 8 nitrogen and oxygen atoms in total. The first-order valence-corrected chi connectivity index (χ1v) is 10.2. The second kappa shape index (κ2) is 7.67. The maximum atomic E-state index is 12.6. The smallest absolute Gasteiger partial charge is 0.271 e. The van der Waals surface area contributed by atoms with Gasteiger partial charge in [-0.15, -0.1) is 16.4 Å². The molecule has 146 valence electrons. The van der Waals surface area contributed by atoms with Crippen molar-refractivity contribution in [1.29, 1.82) is 0 Å². The molecule has 1 amide bonds. The van der Waals surface area contributed by atoms with Crippen molar-refractivity contribution in [2.24, 2.45) is 0 Å². The average molecular weight is 398 g/mol. The summed E-state index contributed by atoms with van der Waals surface area (Å²) in [5.74, 6) is 1.25. The van der Waals surface area contributed by atoms with Gasteiger partial charge in [-0.2, -0.15) is 0 Å².